The van der Waals surface area contributed by atoms with E-state index in [1.807, 2.05) is 6.92 Å². The highest BCUT2D eigenvalue weighted by atomic mass is 16.3. The second kappa shape index (κ2) is 7.05. The average Bonchev–Trinajstić information content (AvgIpc) is 2.18. The SMILES string of the molecule is CC=CC(C)(C(C)C)C(O)CCCCC. The molecule has 1 N–H and O–H groups in total. The monoisotopic (exact) mass is 212 g/mol. The van der Waals surface area contributed by atoms with Crippen molar-refractivity contribution >= 4 is 0 Å². The predicted molar refractivity (Wildman–Crippen MR) is 67.9 cm³/mol. The van der Waals surface area contributed by atoms with Crippen molar-refractivity contribution in [2.24, 2.45) is 11.3 Å². The van der Waals surface area contributed by atoms with Crippen molar-refractivity contribution in [1.82, 2.24) is 0 Å². The molecule has 1 nitrogen and oxygen atoms in total. The van der Waals surface area contributed by atoms with Crippen LogP contribution < -0.4 is 0 Å². The molecule has 0 aliphatic rings. The van der Waals surface area contributed by atoms with Crippen molar-refractivity contribution in [3.05, 3.63) is 12.2 Å². The van der Waals surface area contributed by atoms with Gasteiger partial charge in [-0.3, -0.25) is 0 Å². The molecule has 0 heterocycles. The minimum atomic E-state index is -0.208. The van der Waals surface area contributed by atoms with Crippen LogP contribution in [0.1, 0.15) is 60.3 Å². The third-order valence-electron chi connectivity index (χ3n) is 3.57. The fourth-order valence-electron chi connectivity index (χ4n) is 1.95. The molecule has 0 aromatic rings. The smallest absolute Gasteiger partial charge is 0.0630 e. The third kappa shape index (κ3) is 4.38. The first-order chi connectivity index (χ1) is 6.99. The number of hydrogen-bond acceptors (Lipinski definition) is 1. The summed E-state index contributed by atoms with van der Waals surface area (Å²) in [5, 5.41) is 10.2. The Balaban J connectivity index is 4.35. The van der Waals surface area contributed by atoms with Gasteiger partial charge in [-0.2, -0.15) is 0 Å². The fraction of sp³-hybridized carbons (Fsp3) is 0.857. The largest absolute Gasteiger partial charge is 0.392 e. The molecule has 2 unspecified atom stereocenters. The van der Waals surface area contributed by atoms with Gasteiger partial charge in [0.05, 0.1) is 6.10 Å². The minimum Gasteiger partial charge on any atom is -0.392 e. The summed E-state index contributed by atoms with van der Waals surface area (Å²) in [6.07, 6.45) is 8.51. The van der Waals surface area contributed by atoms with E-state index in [2.05, 4.69) is 39.8 Å². The molecule has 0 spiro atoms. The van der Waals surface area contributed by atoms with Crippen LogP contribution in [0.4, 0.5) is 0 Å². The van der Waals surface area contributed by atoms with Gasteiger partial charge in [-0.1, -0.05) is 59.1 Å². The van der Waals surface area contributed by atoms with Gasteiger partial charge in [-0.25, -0.2) is 0 Å². The molecule has 0 amide bonds. The minimum absolute atomic E-state index is 0.0670. The third-order valence-corrected chi connectivity index (χ3v) is 3.57. The zero-order chi connectivity index (χ0) is 11.9. The van der Waals surface area contributed by atoms with E-state index >= 15 is 0 Å². The number of aliphatic hydroxyl groups excluding tert-OH is 1. The molecule has 0 bridgehead atoms. The lowest BCUT2D eigenvalue weighted by Gasteiger charge is -2.35. The Kier molecular flexibility index (Phi) is 6.91. The van der Waals surface area contributed by atoms with Crippen LogP contribution in [0.5, 0.6) is 0 Å². The molecule has 15 heavy (non-hydrogen) atoms. The highest BCUT2D eigenvalue weighted by molar-refractivity contribution is 5.01. The zero-order valence-corrected chi connectivity index (χ0v) is 11.1. The second-order valence-electron chi connectivity index (χ2n) is 5.03. The summed E-state index contributed by atoms with van der Waals surface area (Å²) < 4.78 is 0. The van der Waals surface area contributed by atoms with Crippen molar-refractivity contribution in [1.29, 1.82) is 0 Å². The van der Waals surface area contributed by atoms with Gasteiger partial charge in [-0.05, 0) is 19.3 Å². The average molecular weight is 212 g/mol. The van der Waals surface area contributed by atoms with E-state index in [0.29, 0.717) is 5.92 Å². The van der Waals surface area contributed by atoms with E-state index in [0.717, 1.165) is 12.8 Å². The van der Waals surface area contributed by atoms with E-state index in [1.54, 1.807) is 0 Å². The van der Waals surface area contributed by atoms with Crippen molar-refractivity contribution in [3.8, 4) is 0 Å². The van der Waals surface area contributed by atoms with Crippen LogP contribution in [-0.4, -0.2) is 11.2 Å². The Morgan fingerprint density at radius 3 is 2.27 bits per heavy atom. The van der Waals surface area contributed by atoms with Gasteiger partial charge in [0.25, 0.3) is 0 Å². The maximum absolute atomic E-state index is 10.2. The van der Waals surface area contributed by atoms with Crippen molar-refractivity contribution in [2.75, 3.05) is 0 Å². The fourth-order valence-corrected chi connectivity index (χ4v) is 1.95. The summed E-state index contributed by atoms with van der Waals surface area (Å²) in [7, 11) is 0. The van der Waals surface area contributed by atoms with Gasteiger partial charge in [0.2, 0.25) is 0 Å². The van der Waals surface area contributed by atoms with Crippen LogP contribution in [0.25, 0.3) is 0 Å². The summed E-state index contributed by atoms with van der Waals surface area (Å²) in [6.45, 7) is 10.7. The first kappa shape index (κ1) is 14.7. The van der Waals surface area contributed by atoms with Gasteiger partial charge in [0.1, 0.15) is 0 Å². The van der Waals surface area contributed by atoms with Crippen molar-refractivity contribution in [2.45, 2.75) is 66.4 Å². The Morgan fingerprint density at radius 2 is 1.87 bits per heavy atom. The van der Waals surface area contributed by atoms with Crippen molar-refractivity contribution < 1.29 is 5.11 Å². The van der Waals surface area contributed by atoms with E-state index in [9.17, 15) is 5.11 Å². The number of allylic oxidation sites excluding steroid dienone is 1. The summed E-state index contributed by atoms with van der Waals surface area (Å²) >= 11 is 0. The molecular weight excluding hydrogens is 184 g/mol. The van der Waals surface area contributed by atoms with Crippen LogP contribution in [0.15, 0.2) is 12.2 Å². The molecule has 0 aromatic carbocycles. The molecule has 90 valence electrons. The molecule has 0 aromatic heterocycles. The molecule has 0 saturated heterocycles. The second-order valence-corrected chi connectivity index (χ2v) is 5.03. The summed E-state index contributed by atoms with van der Waals surface area (Å²) in [6, 6.07) is 0. The van der Waals surface area contributed by atoms with Gasteiger partial charge in [0.15, 0.2) is 0 Å². The van der Waals surface area contributed by atoms with E-state index in [-0.39, 0.29) is 11.5 Å². The normalized spacial score (nSPS) is 18.3. The zero-order valence-electron chi connectivity index (χ0n) is 11.1. The Morgan fingerprint density at radius 1 is 1.27 bits per heavy atom. The Labute approximate surface area is 95.6 Å². The lowest BCUT2D eigenvalue weighted by atomic mass is 9.72. The summed E-state index contributed by atoms with van der Waals surface area (Å²) in [5.74, 6) is 0.477. The number of hydrogen-bond donors (Lipinski definition) is 1. The highest BCUT2D eigenvalue weighted by Crippen LogP contribution is 2.35. The highest BCUT2D eigenvalue weighted by Gasteiger charge is 2.32. The Bertz CT molecular complexity index is 184. The Hall–Kier alpha value is -0.300. The molecule has 0 saturated carbocycles. The van der Waals surface area contributed by atoms with Crippen LogP contribution in [0.3, 0.4) is 0 Å². The molecule has 0 aliphatic carbocycles. The predicted octanol–water partition coefficient (Wildman–Crippen LogP) is 4.17. The van der Waals surface area contributed by atoms with Crippen LogP contribution in [0, 0.1) is 11.3 Å². The van der Waals surface area contributed by atoms with E-state index < -0.39 is 0 Å². The number of rotatable bonds is 7. The maximum Gasteiger partial charge on any atom is 0.0630 e. The van der Waals surface area contributed by atoms with Gasteiger partial charge in [0, 0.05) is 5.41 Å². The van der Waals surface area contributed by atoms with Crippen molar-refractivity contribution in [3.63, 3.8) is 0 Å². The van der Waals surface area contributed by atoms with Crippen LogP contribution in [0.2, 0.25) is 0 Å². The summed E-state index contributed by atoms with van der Waals surface area (Å²) in [4.78, 5) is 0. The number of aliphatic hydroxyl groups is 1. The van der Waals surface area contributed by atoms with Gasteiger partial charge >= 0.3 is 0 Å². The number of unbranched alkanes of at least 4 members (excludes halogenated alkanes) is 2. The lowest BCUT2D eigenvalue weighted by molar-refractivity contribution is 0.0306. The first-order valence-corrected chi connectivity index (χ1v) is 6.30. The molecular formula is C14H28O. The lowest BCUT2D eigenvalue weighted by Crippen LogP contribution is -2.35. The standard InChI is InChI=1S/C14H28O/c1-6-8-9-10-13(15)14(5,11-7-2)12(3)4/h7,11-13,15H,6,8-10H2,1-5H3. The first-order valence-electron chi connectivity index (χ1n) is 6.30. The van der Waals surface area contributed by atoms with Crippen LogP contribution >= 0.6 is 0 Å². The molecule has 0 rings (SSSR count). The molecule has 2 atom stereocenters. The molecule has 0 aliphatic heterocycles. The maximum atomic E-state index is 10.2. The summed E-state index contributed by atoms with van der Waals surface area (Å²) in [5.41, 5.74) is -0.0670. The van der Waals surface area contributed by atoms with Gasteiger partial charge < -0.3 is 5.11 Å². The van der Waals surface area contributed by atoms with E-state index in [1.165, 1.54) is 12.8 Å². The van der Waals surface area contributed by atoms with Crippen LogP contribution in [-0.2, 0) is 0 Å². The quantitative estimate of drug-likeness (QED) is 0.496. The molecule has 0 fully saturated rings. The van der Waals surface area contributed by atoms with Gasteiger partial charge in [-0.15, -0.1) is 0 Å². The molecule has 0 radical (unpaired) electrons. The van der Waals surface area contributed by atoms with E-state index in [4.69, 9.17) is 0 Å². The topological polar surface area (TPSA) is 20.2 Å². The molecule has 1 heteroatoms.